The summed E-state index contributed by atoms with van der Waals surface area (Å²) in [5.74, 6) is -0.0862. The van der Waals surface area contributed by atoms with Gasteiger partial charge < -0.3 is 9.47 Å². The molecule has 1 amide bonds. The van der Waals surface area contributed by atoms with Crippen molar-refractivity contribution in [3.63, 3.8) is 0 Å². The van der Waals surface area contributed by atoms with Gasteiger partial charge in [0.25, 0.3) is 0 Å². The second-order valence-corrected chi connectivity index (χ2v) is 6.77. The van der Waals surface area contributed by atoms with Gasteiger partial charge in [0.2, 0.25) is 0 Å². The predicted molar refractivity (Wildman–Crippen MR) is 99.8 cm³/mol. The van der Waals surface area contributed by atoms with Crippen LogP contribution in [0.4, 0.5) is 4.79 Å². The van der Waals surface area contributed by atoms with E-state index in [1.54, 1.807) is 69.3 Å². The number of amides is 1. The quantitative estimate of drug-likeness (QED) is 0.372. The minimum atomic E-state index is -0.637. The molecule has 1 N–H and O–H groups in total. The van der Waals surface area contributed by atoms with E-state index in [0.717, 1.165) is 0 Å². The van der Waals surface area contributed by atoms with Crippen molar-refractivity contribution >= 4 is 29.9 Å². The lowest BCUT2D eigenvalue weighted by Gasteiger charge is -2.18. The molecule has 0 atom stereocenters. The molecule has 0 spiro atoms. The summed E-state index contributed by atoms with van der Waals surface area (Å²) < 4.78 is 10.3. The Morgan fingerprint density at radius 1 is 1.04 bits per heavy atom. The summed E-state index contributed by atoms with van der Waals surface area (Å²) in [4.78, 5) is 23.5. The van der Waals surface area contributed by atoms with Crippen LogP contribution in [-0.2, 0) is 4.74 Å². The Labute approximate surface area is 156 Å². The zero-order valence-electron chi connectivity index (χ0n) is 14.7. The van der Waals surface area contributed by atoms with Crippen LogP contribution in [0.15, 0.2) is 53.6 Å². The number of carbonyl (C=O) groups excluding carboxylic acids is 2. The van der Waals surface area contributed by atoms with Crippen LogP contribution >= 0.6 is 11.6 Å². The Hall–Kier alpha value is -2.86. The topological polar surface area (TPSA) is 77.0 Å². The van der Waals surface area contributed by atoms with E-state index in [4.69, 9.17) is 21.1 Å². The number of hydrogen-bond acceptors (Lipinski definition) is 5. The van der Waals surface area contributed by atoms with Crippen LogP contribution in [0.3, 0.4) is 0 Å². The van der Waals surface area contributed by atoms with E-state index in [1.165, 1.54) is 6.21 Å². The molecule has 0 fully saturated rings. The molecule has 7 heteroatoms. The highest BCUT2D eigenvalue weighted by Crippen LogP contribution is 2.15. The molecule has 0 aliphatic carbocycles. The van der Waals surface area contributed by atoms with E-state index >= 15 is 0 Å². The molecule has 2 rings (SSSR count). The Morgan fingerprint density at radius 2 is 1.65 bits per heavy atom. The number of benzene rings is 2. The number of ether oxygens (including phenoxy) is 2. The molecule has 0 unspecified atom stereocenters. The van der Waals surface area contributed by atoms with Crippen LogP contribution in [0.2, 0.25) is 5.02 Å². The van der Waals surface area contributed by atoms with E-state index in [1.807, 2.05) is 0 Å². The number of esters is 1. The Morgan fingerprint density at radius 3 is 2.23 bits per heavy atom. The van der Waals surface area contributed by atoms with E-state index in [-0.39, 0.29) is 0 Å². The fraction of sp³-hybridized carbons (Fsp3) is 0.211. The van der Waals surface area contributed by atoms with Gasteiger partial charge in [0, 0.05) is 5.02 Å². The number of hydrazone groups is 1. The zero-order valence-corrected chi connectivity index (χ0v) is 15.4. The van der Waals surface area contributed by atoms with Crippen molar-refractivity contribution in [2.24, 2.45) is 5.10 Å². The van der Waals surface area contributed by atoms with Gasteiger partial charge in [-0.15, -0.1) is 0 Å². The summed E-state index contributed by atoms with van der Waals surface area (Å²) in [5.41, 5.74) is 2.80. The highest BCUT2D eigenvalue weighted by Gasteiger charge is 2.15. The molecule has 0 radical (unpaired) electrons. The largest absolute Gasteiger partial charge is 0.443 e. The van der Waals surface area contributed by atoms with Crippen LogP contribution in [0.5, 0.6) is 5.75 Å². The molecule has 0 bridgehead atoms. The van der Waals surface area contributed by atoms with Crippen molar-refractivity contribution < 1.29 is 19.1 Å². The molecule has 0 aromatic heterocycles. The molecule has 0 saturated heterocycles. The van der Waals surface area contributed by atoms with Gasteiger partial charge in [0.05, 0.1) is 11.8 Å². The molecule has 136 valence electrons. The van der Waals surface area contributed by atoms with Crippen molar-refractivity contribution in [2.75, 3.05) is 0 Å². The van der Waals surface area contributed by atoms with Gasteiger partial charge in [-0.1, -0.05) is 11.6 Å². The monoisotopic (exact) mass is 374 g/mol. The van der Waals surface area contributed by atoms with Gasteiger partial charge in [0.1, 0.15) is 11.4 Å². The first-order chi connectivity index (χ1) is 12.2. The fourth-order valence-electron chi connectivity index (χ4n) is 1.83. The second kappa shape index (κ2) is 8.49. The van der Waals surface area contributed by atoms with Gasteiger partial charge in [-0.25, -0.2) is 15.0 Å². The van der Waals surface area contributed by atoms with Crippen LogP contribution < -0.4 is 10.2 Å². The summed E-state index contributed by atoms with van der Waals surface area (Å²) in [5, 5.41) is 4.35. The van der Waals surface area contributed by atoms with E-state index in [2.05, 4.69) is 10.5 Å². The van der Waals surface area contributed by atoms with E-state index in [9.17, 15) is 9.59 Å². The van der Waals surface area contributed by atoms with Crippen LogP contribution in [0.25, 0.3) is 0 Å². The van der Waals surface area contributed by atoms with Gasteiger partial charge in [-0.2, -0.15) is 5.10 Å². The standard InChI is InChI=1S/C19H19ClN2O4/c1-19(2,3)26-18(24)22-21-12-13-4-10-16(11-5-13)25-17(23)14-6-8-15(20)9-7-14/h4-12H,1-3H3,(H,22,24). The third-order valence-electron chi connectivity index (χ3n) is 2.94. The average molecular weight is 375 g/mol. The van der Waals surface area contributed by atoms with Crippen LogP contribution in [0.1, 0.15) is 36.7 Å². The zero-order chi connectivity index (χ0) is 19.2. The van der Waals surface area contributed by atoms with Gasteiger partial charge in [0.15, 0.2) is 0 Å². The third kappa shape index (κ3) is 6.57. The maximum Gasteiger partial charge on any atom is 0.428 e. The average Bonchev–Trinajstić information content (AvgIpc) is 2.55. The van der Waals surface area contributed by atoms with Gasteiger partial charge in [-0.05, 0) is 74.9 Å². The molecule has 0 saturated carbocycles. The molecule has 26 heavy (non-hydrogen) atoms. The number of nitrogens with one attached hydrogen (secondary N) is 1. The van der Waals surface area contributed by atoms with Crippen molar-refractivity contribution in [1.82, 2.24) is 5.43 Å². The maximum absolute atomic E-state index is 12.0. The lowest BCUT2D eigenvalue weighted by Crippen LogP contribution is -2.29. The Bertz CT molecular complexity index is 794. The third-order valence-corrected chi connectivity index (χ3v) is 3.19. The number of rotatable bonds is 4. The second-order valence-electron chi connectivity index (χ2n) is 6.34. The van der Waals surface area contributed by atoms with E-state index < -0.39 is 17.7 Å². The summed E-state index contributed by atoms with van der Waals surface area (Å²) in [6.07, 6.45) is 0.816. The lowest BCUT2D eigenvalue weighted by atomic mass is 10.2. The minimum Gasteiger partial charge on any atom is -0.443 e. The highest BCUT2D eigenvalue weighted by atomic mass is 35.5. The molecule has 2 aromatic carbocycles. The first-order valence-corrected chi connectivity index (χ1v) is 8.20. The molecule has 6 nitrogen and oxygen atoms in total. The normalized spacial score (nSPS) is 11.2. The summed E-state index contributed by atoms with van der Waals surface area (Å²) in [7, 11) is 0. The molecular formula is C19H19ClN2O4. The summed E-state index contributed by atoms with van der Waals surface area (Å²) >= 11 is 5.79. The lowest BCUT2D eigenvalue weighted by molar-refractivity contribution is 0.0529. The fourth-order valence-corrected chi connectivity index (χ4v) is 1.96. The summed E-state index contributed by atoms with van der Waals surface area (Å²) in [6.45, 7) is 5.29. The Balaban J connectivity index is 1.89. The van der Waals surface area contributed by atoms with Crippen molar-refractivity contribution in [3.05, 3.63) is 64.7 Å². The first kappa shape index (κ1) is 19.5. The number of hydrogen-bond donors (Lipinski definition) is 1. The molecule has 0 aliphatic rings. The van der Waals surface area contributed by atoms with Crippen molar-refractivity contribution in [1.29, 1.82) is 0 Å². The number of nitrogens with zero attached hydrogens (tertiary/aromatic N) is 1. The van der Waals surface area contributed by atoms with Crippen molar-refractivity contribution in [2.45, 2.75) is 26.4 Å². The smallest absolute Gasteiger partial charge is 0.428 e. The maximum atomic E-state index is 12.0. The SMILES string of the molecule is CC(C)(C)OC(=O)NN=Cc1ccc(OC(=O)c2ccc(Cl)cc2)cc1. The van der Waals surface area contributed by atoms with E-state index in [0.29, 0.717) is 21.9 Å². The van der Waals surface area contributed by atoms with Gasteiger partial charge >= 0.3 is 12.1 Å². The molecule has 2 aromatic rings. The van der Waals surface area contributed by atoms with Gasteiger partial charge in [-0.3, -0.25) is 0 Å². The van der Waals surface area contributed by atoms with Crippen molar-refractivity contribution in [3.8, 4) is 5.75 Å². The number of halogens is 1. The van der Waals surface area contributed by atoms with Crippen LogP contribution in [-0.4, -0.2) is 23.9 Å². The highest BCUT2D eigenvalue weighted by molar-refractivity contribution is 6.30. The Kier molecular flexibility index (Phi) is 6.36. The molecular weight excluding hydrogens is 356 g/mol. The molecule has 0 heterocycles. The minimum absolute atomic E-state index is 0.391. The van der Waals surface area contributed by atoms with Crippen LogP contribution in [0, 0.1) is 0 Å². The summed E-state index contributed by atoms with van der Waals surface area (Å²) in [6, 6.07) is 13.1. The first-order valence-electron chi connectivity index (χ1n) is 7.83. The number of carbonyl (C=O) groups is 2. The predicted octanol–water partition coefficient (Wildman–Crippen LogP) is 4.42. The molecule has 0 aliphatic heterocycles.